The lowest BCUT2D eigenvalue weighted by molar-refractivity contribution is -0.144. The van der Waals surface area contributed by atoms with E-state index in [1.165, 1.54) is 0 Å². The summed E-state index contributed by atoms with van der Waals surface area (Å²) in [7, 11) is 0. The van der Waals surface area contributed by atoms with E-state index in [9.17, 15) is 4.79 Å². The lowest BCUT2D eigenvalue weighted by Crippen LogP contribution is -2.23. The Bertz CT molecular complexity index is 933. The molecule has 0 fully saturated rings. The Kier molecular flexibility index (Phi) is 5.25. The summed E-state index contributed by atoms with van der Waals surface area (Å²) in [5.41, 5.74) is 0. The van der Waals surface area contributed by atoms with E-state index in [0.717, 1.165) is 33.4 Å². The van der Waals surface area contributed by atoms with Crippen LogP contribution < -0.4 is 4.74 Å². The summed E-state index contributed by atoms with van der Waals surface area (Å²) in [6.07, 6.45) is 1.48. The number of hydrogen-bond acceptors (Lipinski definition) is 3. The van der Waals surface area contributed by atoms with Crippen molar-refractivity contribution >= 4 is 39.1 Å². The van der Waals surface area contributed by atoms with Crippen LogP contribution in [0.3, 0.4) is 0 Å². The lowest BCUT2D eigenvalue weighted by Gasteiger charge is -2.18. The molecule has 0 bridgehead atoms. The molecular formula is C21H19ClO3. The first-order valence-corrected chi connectivity index (χ1v) is 8.57. The van der Waals surface area contributed by atoms with Gasteiger partial charge in [-0.05, 0) is 35.4 Å². The molecule has 0 aliphatic heterocycles. The molecule has 0 heterocycles. The SMILES string of the molecule is C=CC(=O)OC(CC)COc1c2ccccc2cc2ccc(Cl)cc12. The molecule has 1 atom stereocenters. The molecule has 0 aliphatic rings. The molecule has 0 N–H and O–H groups in total. The van der Waals surface area contributed by atoms with Crippen LogP contribution in [0.2, 0.25) is 5.02 Å². The highest BCUT2D eigenvalue weighted by Gasteiger charge is 2.15. The molecule has 3 rings (SSSR count). The fourth-order valence-electron chi connectivity index (χ4n) is 2.77. The highest BCUT2D eigenvalue weighted by molar-refractivity contribution is 6.31. The zero-order valence-electron chi connectivity index (χ0n) is 14.0. The predicted octanol–water partition coefficient (Wildman–Crippen LogP) is 5.53. The van der Waals surface area contributed by atoms with Gasteiger partial charge in [-0.25, -0.2) is 4.79 Å². The monoisotopic (exact) mass is 354 g/mol. The van der Waals surface area contributed by atoms with E-state index in [-0.39, 0.29) is 12.7 Å². The number of rotatable bonds is 6. The maximum Gasteiger partial charge on any atom is 0.330 e. The van der Waals surface area contributed by atoms with Gasteiger partial charge in [-0.3, -0.25) is 0 Å². The molecule has 0 amide bonds. The van der Waals surface area contributed by atoms with Crippen LogP contribution in [0.25, 0.3) is 21.5 Å². The van der Waals surface area contributed by atoms with Gasteiger partial charge >= 0.3 is 5.97 Å². The van der Waals surface area contributed by atoms with Crippen LogP contribution in [0.5, 0.6) is 5.75 Å². The van der Waals surface area contributed by atoms with Gasteiger partial charge in [-0.2, -0.15) is 0 Å². The number of benzene rings is 3. The third-order valence-electron chi connectivity index (χ3n) is 4.09. The Morgan fingerprint density at radius 1 is 1.16 bits per heavy atom. The second-order valence-corrected chi connectivity index (χ2v) is 6.21. The van der Waals surface area contributed by atoms with E-state index in [4.69, 9.17) is 21.1 Å². The van der Waals surface area contributed by atoms with Gasteiger partial charge in [0.2, 0.25) is 0 Å². The maximum atomic E-state index is 11.4. The number of carbonyl (C=O) groups excluding carboxylic acids is 1. The van der Waals surface area contributed by atoms with Crippen molar-refractivity contribution in [1.29, 1.82) is 0 Å². The van der Waals surface area contributed by atoms with Crippen molar-refractivity contribution in [1.82, 2.24) is 0 Å². The number of hydrogen-bond donors (Lipinski definition) is 0. The van der Waals surface area contributed by atoms with Crippen LogP contribution in [-0.4, -0.2) is 18.7 Å². The molecule has 3 aromatic carbocycles. The van der Waals surface area contributed by atoms with Crippen LogP contribution in [0, 0.1) is 0 Å². The normalized spacial score (nSPS) is 12.1. The lowest BCUT2D eigenvalue weighted by atomic mass is 10.0. The minimum Gasteiger partial charge on any atom is -0.488 e. The van der Waals surface area contributed by atoms with Crippen molar-refractivity contribution in [2.24, 2.45) is 0 Å². The number of ether oxygens (including phenoxy) is 2. The number of carbonyl (C=O) groups is 1. The summed E-state index contributed by atoms with van der Waals surface area (Å²) in [6.45, 7) is 5.64. The second kappa shape index (κ2) is 7.58. The fraction of sp³-hybridized carbons (Fsp3) is 0.190. The molecule has 4 heteroatoms. The van der Waals surface area contributed by atoms with Crippen LogP contribution >= 0.6 is 11.6 Å². The molecule has 0 saturated carbocycles. The highest BCUT2D eigenvalue weighted by atomic mass is 35.5. The van der Waals surface area contributed by atoms with E-state index < -0.39 is 5.97 Å². The molecule has 25 heavy (non-hydrogen) atoms. The molecule has 0 radical (unpaired) electrons. The Balaban J connectivity index is 2.01. The average molecular weight is 355 g/mol. The van der Waals surface area contributed by atoms with Crippen molar-refractivity contribution in [3.8, 4) is 5.75 Å². The van der Waals surface area contributed by atoms with Gasteiger partial charge < -0.3 is 9.47 Å². The Labute approximate surface area is 151 Å². The largest absolute Gasteiger partial charge is 0.488 e. The van der Waals surface area contributed by atoms with E-state index in [1.807, 2.05) is 49.4 Å². The molecule has 1 unspecified atom stereocenters. The summed E-state index contributed by atoms with van der Waals surface area (Å²) in [4.78, 5) is 11.4. The second-order valence-electron chi connectivity index (χ2n) is 5.77. The minimum atomic E-state index is -0.443. The topological polar surface area (TPSA) is 35.5 Å². The molecule has 0 saturated heterocycles. The van der Waals surface area contributed by atoms with Gasteiger partial charge in [0.1, 0.15) is 18.5 Å². The molecule has 3 aromatic rings. The summed E-state index contributed by atoms with van der Waals surface area (Å²) in [5.74, 6) is 0.310. The fourth-order valence-corrected chi connectivity index (χ4v) is 2.94. The van der Waals surface area contributed by atoms with Gasteiger partial charge in [0.15, 0.2) is 0 Å². The van der Waals surface area contributed by atoms with E-state index in [1.54, 1.807) is 0 Å². The minimum absolute atomic E-state index is 0.270. The third kappa shape index (κ3) is 3.77. The van der Waals surface area contributed by atoms with Crippen LogP contribution in [0.15, 0.2) is 61.2 Å². The van der Waals surface area contributed by atoms with E-state index >= 15 is 0 Å². The zero-order valence-corrected chi connectivity index (χ0v) is 14.8. The van der Waals surface area contributed by atoms with E-state index in [0.29, 0.717) is 11.4 Å². The number of esters is 1. The molecular weight excluding hydrogens is 336 g/mol. The van der Waals surface area contributed by atoms with Crippen LogP contribution in [-0.2, 0) is 9.53 Å². The van der Waals surface area contributed by atoms with Crippen molar-refractivity contribution in [3.63, 3.8) is 0 Å². The van der Waals surface area contributed by atoms with Gasteiger partial charge in [0, 0.05) is 21.9 Å². The Morgan fingerprint density at radius 2 is 1.92 bits per heavy atom. The molecule has 3 nitrogen and oxygen atoms in total. The molecule has 0 aliphatic carbocycles. The first-order chi connectivity index (χ1) is 12.1. The van der Waals surface area contributed by atoms with Crippen molar-refractivity contribution in [2.45, 2.75) is 19.4 Å². The molecule has 128 valence electrons. The summed E-state index contributed by atoms with van der Waals surface area (Å²) < 4.78 is 11.4. The zero-order chi connectivity index (χ0) is 17.8. The van der Waals surface area contributed by atoms with Crippen LogP contribution in [0.1, 0.15) is 13.3 Å². The average Bonchev–Trinajstić information content (AvgIpc) is 2.64. The first kappa shape index (κ1) is 17.3. The summed E-state index contributed by atoms with van der Waals surface area (Å²) >= 11 is 6.18. The van der Waals surface area contributed by atoms with Crippen molar-refractivity contribution in [3.05, 3.63) is 66.2 Å². The van der Waals surface area contributed by atoms with E-state index in [2.05, 4.69) is 12.6 Å². The van der Waals surface area contributed by atoms with Crippen LogP contribution in [0.4, 0.5) is 0 Å². The predicted molar refractivity (Wildman–Crippen MR) is 102 cm³/mol. The molecule has 0 aromatic heterocycles. The quantitative estimate of drug-likeness (QED) is 0.331. The first-order valence-electron chi connectivity index (χ1n) is 8.19. The Morgan fingerprint density at radius 3 is 2.68 bits per heavy atom. The number of halogens is 1. The number of fused-ring (bicyclic) bond motifs is 2. The summed E-state index contributed by atoms with van der Waals surface area (Å²) in [6, 6.07) is 15.9. The van der Waals surface area contributed by atoms with Crippen molar-refractivity contribution in [2.75, 3.05) is 6.61 Å². The summed E-state index contributed by atoms with van der Waals surface area (Å²) in [5, 5.41) is 4.73. The van der Waals surface area contributed by atoms with Crippen molar-refractivity contribution < 1.29 is 14.3 Å². The Hall–Kier alpha value is -2.52. The van der Waals surface area contributed by atoms with Gasteiger partial charge in [0.25, 0.3) is 0 Å². The van der Waals surface area contributed by atoms with Gasteiger partial charge in [-0.15, -0.1) is 0 Å². The smallest absolute Gasteiger partial charge is 0.330 e. The third-order valence-corrected chi connectivity index (χ3v) is 4.33. The molecule has 0 spiro atoms. The standard InChI is InChI=1S/C21H19ClO3/c1-3-17(25-20(23)4-2)13-24-21-18-8-6-5-7-14(18)11-15-9-10-16(22)12-19(15)21/h4-12,17H,2-3,13H2,1H3. The maximum absolute atomic E-state index is 11.4. The van der Waals surface area contributed by atoms with Gasteiger partial charge in [-0.1, -0.05) is 55.4 Å². The highest BCUT2D eigenvalue weighted by Crippen LogP contribution is 2.36. The van der Waals surface area contributed by atoms with Gasteiger partial charge in [0.05, 0.1) is 0 Å².